The topological polar surface area (TPSA) is 24.1 Å². The summed E-state index contributed by atoms with van der Waals surface area (Å²) in [5.74, 6) is 0. The molecule has 2 N–H and O–H groups in total. The molecule has 0 aromatic carbocycles. The van der Waals surface area contributed by atoms with Crippen molar-refractivity contribution >= 4 is 11.8 Å². The quantitative estimate of drug-likeness (QED) is 0.543. The molecule has 4 atom stereocenters. The number of nitrogens with one attached hydrogen (secondary N) is 2. The normalized spacial score (nSPS) is 54.5. The van der Waals surface area contributed by atoms with Crippen molar-refractivity contribution in [3.8, 4) is 0 Å². The maximum absolute atomic E-state index is 3.61. The zero-order valence-corrected chi connectivity index (χ0v) is 7.36. The molecular weight excluding hydrogens is 156 g/mol. The van der Waals surface area contributed by atoms with Crippen LogP contribution in [0.15, 0.2) is 0 Å². The Morgan fingerprint density at radius 1 is 0.909 bits per heavy atom. The Bertz CT molecular complexity index is 155. The first-order chi connectivity index (χ1) is 5.45. The van der Waals surface area contributed by atoms with Crippen molar-refractivity contribution in [1.29, 1.82) is 0 Å². The lowest BCUT2D eigenvalue weighted by Crippen LogP contribution is -2.44. The second-order valence-electron chi connectivity index (χ2n) is 3.75. The Hall–Kier alpha value is 0.270. The summed E-state index contributed by atoms with van der Waals surface area (Å²) >= 11 is 2.23. The van der Waals surface area contributed by atoms with Gasteiger partial charge in [-0.25, -0.2) is 0 Å². The number of hydrogen-bond donors (Lipinski definition) is 2. The van der Waals surface area contributed by atoms with Crippen LogP contribution in [-0.4, -0.2) is 35.7 Å². The average Bonchev–Trinajstić information content (AvgIpc) is 2.52. The smallest absolute Gasteiger partial charge is 0.0351 e. The summed E-state index contributed by atoms with van der Waals surface area (Å²) in [6, 6.07) is 1.60. The minimum absolute atomic E-state index is 0.799. The Morgan fingerprint density at radius 3 is 2.00 bits per heavy atom. The van der Waals surface area contributed by atoms with Gasteiger partial charge in [-0.15, -0.1) is 0 Å². The largest absolute Gasteiger partial charge is 0.311 e. The molecule has 0 spiro atoms. The van der Waals surface area contributed by atoms with Gasteiger partial charge in [-0.3, -0.25) is 0 Å². The fraction of sp³-hybridized carbons (Fsp3) is 1.00. The molecular formula is C8H14N2S. The zero-order valence-electron chi connectivity index (χ0n) is 6.55. The van der Waals surface area contributed by atoms with Crippen LogP contribution in [0.1, 0.15) is 12.8 Å². The van der Waals surface area contributed by atoms with Crippen molar-refractivity contribution in [1.82, 2.24) is 10.6 Å². The van der Waals surface area contributed by atoms with Gasteiger partial charge in [0.25, 0.3) is 0 Å². The standard InChI is InChI=1S/C8H14N2S/c1-3-9-7-5(1)11-6-2-4-10-8(6)7/h5-10H,1-4H2. The lowest BCUT2D eigenvalue weighted by Gasteiger charge is -2.16. The predicted octanol–water partition coefficient (Wildman–Crippen LogP) is 0.194. The van der Waals surface area contributed by atoms with Crippen molar-refractivity contribution in [2.45, 2.75) is 35.4 Å². The van der Waals surface area contributed by atoms with E-state index in [1.54, 1.807) is 0 Å². The molecule has 0 aliphatic carbocycles. The van der Waals surface area contributed by atoms with E-state index < -0.39 is 0 Å². The Labute approximate surface area is 71.5 Å². The molecule has 4 unspecified atom stereocenters. The highest BCUT2D eigenvalue weighted by Crippen LogP contribution is 2.42. The van der Waals surface area contributed by atoms with E-state index in [1.165, 1.54) is 25.9 Å². The third-order valence-corrected chi connectivity index (χ3v) is 4.91. The molecule has 11 heavy (non-hydrogen) atoms. The Morgan fingerprint density at radius 2 is 1.45 bits per heavy atom. The Kier molecular flexibility index (Phi) is 1.46. The third-order valence-electron chi connectivity index (χ3n) is 3.16. The van der Waals surface area contributed by atoms with Crippen LogP contribution >= 0.6 is 11.8 Å². The van der Waals surface area contributed by atoms with E-state index in [0.717, 1.165) is 22.6 Å². The van der Waals surface area contributed by atoms with E-state index in [1.807, 2.05) is 0 Å². The molecule has 2 nitrogen and oxygen atoms in total. The van der Waals surface area contributed by atoms with Gasteiger partial charge in [0.05, 0.1) is 0 Å². The fourth-order valence-electron chi connectivity index (χ4n) is 2.65. The second kappa shape index (κ2) is 2.38. The SMILES string of the molecule is C1CC2SC3CCNC3C2N1. The predicted molar refractivity (Wildman–Crippen MR) is 48.0 cm³/mol. The van der Waals surface area contributed by atoms with Crippen LogP contribution in [0.2, 0.25) is 0 Å². The molecule has 3 saturated heterocycles. The molecule has 0 aromatic rings. The molecule has 3 aliphatic heterocycles. The Balaban J connectivity index is 1.84. The maximum Gasteiger partial charge on any atom is 0.0351 e. The average molecular weight is 170 g/mol. The highest BCUT2D eigenvalue weighted by atomic mass is 32.2. The first-order valence-corrected chi connectivity index (χ1v) is 5.52. The van der Waals surface area contributed by atoms with Crippen molar-refractivity contribution in [2.24, 2.45) is 0 Å². The van der Waals surface area contributed by atoms with Gasteiger partial charge in [0.15, 0.2) is 0 Å². The number of thioether (sulfide) groups is 1. The van der Waals surface area contributed by atoms with E-state index in [0.29, 0.717) is 0 Å². The minimum Gasteiger partial charge on any atom is -0.311 e. The second-order valence-corrected chi connectivity index (χ2v) is 5.23. The zero-order chi connectivity index (χ0) is 7.26. The summed E-state index contributed by atoms with van der Waals surface area (Å²) in [7, 11) is 0. The number of fused-ring (bicyclic) bond motifs is 3. The molecule has 3 heteroatoms. The van der Waals surface area contributed by atoms with Crippen LogP contribution in [0.25, 0.3) is 0 Å². The third kappa shape index (κ3) is 0.879. The van der Waals surface area contributed by atoms with Crippen molar-refractivity contribution in [2.75, 3.05) is 13.1 Å². The highest BCUT2D eigenvalue weighted by Gasteiger charge is 2.47. The van der Waals surface area contributed by atoms with Crippen LogP contribution in [0.5, 0.6) is 0 Å². The molecule has 0 radical (unpaired) electrons. The van der Waals surface area contributed by atoms with Gasteiger partial charge in [0, 0.05) is 22.6 Å². The van der Waals surface area contributed by atoms with Gasteiger partial charge >= 0.3 is 0 Å². The first kappa shape index (κ1) is 6.75. The van der Waals surface area contributed by atoms with Crippen LogP contribution in [-0.2, 0) is 0 Å². The lowest BCUT2D eigenvalue weighted by molar-refractivity contribution is 0.481. The molecule has 0 saturated carbocycles. The number of hydrogen-bond acceptors (Lipinski definition) is 3. The van der Waals surface area contributed by atoms with Crippen molar-refractivity contribution < 1.29 is 0 Å². The molecule has 62 valence electrons. The lowest BCUT2D eigenvalue weighted by atomic mass is 10.1. The summed E-state index contributed by atoms with van der Waals surface area (Å²) in [5.41, 5.74) is 0. The van der Waals surface area contributed by atoms with Crippen molar-refractivity contribution in [3.05, 3.63) is 0 Å². The minimum atomic E-state index is 0.799. The van der Waals surface area contributed by atoms with Crippen LogP contribution in [0.4, 0.5) is 0 Å². The summed E-state index contributed by atoms with van der Waals surface area (Å²) in [4.78, 5) is 0. The summed E-state index contributed by atoms with van der Waals surface area (Å²) in [6.45, 7) is 2.49. The summed E-state index contributed by atoms with van der Waals surface area (Å²) in [6.07, 6.45) is 2.79. The molecule has 3 heterocycles. The van der Waals surface area contributed by atoms with E-state index in [2.05, 4.69) is 22.4 Å². The van der Waals surface area contributed by atoms with Gasteiger partial charge < -0.3 is 10.6 Å². The summed E-state index contributed by atoms with van der Waals surface area (Å²) < 4.78 is 0. The molecule has 3 rings (SSSR count). The maximum atomic E-state index is 3.61. The highest BCUT2D eigenvalue weighted by molar-refractivity contribution is 8.01. The fourth-order valence-corrected chi connectivity index (χ4v) is 4.48. The first-order valence-electron chi connectivity index (χ1n) is 4.57. The van der Waals surface area contributed by atoms with E-state index in [-0.39, 0.29) is 0 Å². The van der Waals surface area contributed by atoms with Gasteiger partial charge in [0.1, 0.15) is 0 Å². The van der Waals surface area contributed by atoms with Crippen LogP contribution < -0.4 is 10.6 Å². The van der Waals surface area contributed by atoms with Gasteiger partial charge in [-0.05, 0) is 25.9 Å². The molecule has 0 aromatic heterocycles. The van der Waals surface area contributed by atoms with Crippen LogP contribution in [0, 0.1) is 0 Å². The molecule has 3 fully saturated rings. The number of rotatable bonds is 0. The molecule has 3 aliphatic rings. The van der Waals surface area contributed by atoms with E-state index in [4.69, 9.17) is 0 Å². The van der Waals surface area contributed by atoms with Crippen molar-refractivity contribution in [3.63, 3.8) is 0 Å². The van der Waals surface area contributed by atoms with Gasteiger partial charge in [-0.2, -0.15) is 11.8 Å². The molecule has 0 bridgehead atoms. The van der Waals surface area contributed by atoms with Crippen LogP contribution in [0.3, 0.4) is 0 Å². The van der Waals surface area contributed by atoms with E-state index in [9.17, 15) is 0 Å². The van der Waals surface area contributed by atoms with Gasteiger partial charge in [-0.1, -0.05) is 0 Å². The van der Waals surface area contributed by atoms with Gasteiger partial charge in [0.2, 0.25) is 0 Å². The van der Waals surface area contributed by atoms with E-state index >= 15 is 0 Å². The molecule has 0 amide bonds. The monoisotopic (exact) mass is 170 g/mol. The summed E-state index contributed by atoms with van der Waals surface area (Å²) in [5, 5.41) is 9.07.